The summed E-state index contributed by atoms with van der Waals surface area (Å²) in [7, 11) is -3.97. The number of nitrogens with one attached hydrogen (secondary N) is 1. The van der Waals surface area contributed by atoms with Gasteiger partial charge in [-0.05, 0) is 48.4 Å². The molecule has 0 spiro atoms. The van der Waals surface area contributed by atoms with Crippen LogP contribution < -0.4 is 9.62 Å². The van der Waals surface area contributed by atoms with E-state index < -0.39 is 15.9 Å². The van der Waals surface area contributed by atoms with Gasteiger partial charge in [-0.1, -0.05) is 29.8 Å². The summed E-state index contributed by atoms with van der Waals surface area (Å²) in [5.74, 6) is -0.141. The summed E-state index contributed by atoms with van der Waals surface area (Å²) in [6.07, 6.45) is 4.98. The number of sulfonamides is 1. The van der Waals surface area contributed by atoms with E-state index in [1.807, 2.05) is 12.1 Å². The minimum atomic E-state index is -3.97. The second-order valence-corrected chi connectivity index (χ2v) is 9.51. The number of halogens is 1. The maximum atomic E-state index is 13.4. The van der Waals surface area contributed by atoms with Crippen LogP contribution in [0.15, 0.2) is 78.3 Å². The summed E-state index contributed by atoms with van der Waals surface area (Å²) in [6.45, 7) is 0.311. The Morgan fingerprint density at radius 1 is 1.09 bits per heavy atom. The third-order valence-electron chi connectivity index (χ3n) is 5.28. The Kier molecular flexibility index (Phi) is 5.31. The second-order valence-electron chi connectivity index (χ2n) is 7.27. The number of para-hydroxylation sites is 1. The zero-order valence-corrected chi connectivity index (χ0v) is 18.7. The molecule has 4 aromatic rings. The van der Waals surface area contributed by atoms with Crippen molar-refractivity contribution in [1.82, 2.24) is 19.7 Å². The first-order valence-electron chi connectivity index (χ1n) is 9.97. The number of amides is 1. The molecule has 166 valence electrons. The van der Waals surface area contributed by atoms with Gasteiger partial charge in [0.05, 0.1) is 16.4 Å². The van der Waals surface area contributed by atoms with E-state index in [1.165, 1.54) is 39.8 Å². The normalized spacial score (nSPS) is 13.1. The van der Waals surface area contributed by atoms with Crippen molar-refractivity contribution < 1.29 is 13.2 Å². The van der Waals surface area contributed by atoms with Crippen LogP contribution >= 0.6 is 11.6 Å². The first-order chi connectivity index (χ1) is 15.9. The molecule has 0 fully saturated rings. The third-order valence-corrected chi connectivity index (χ3v) is 7.57. The first-order valence-corrected chi connectivity index (χ1v) is 11.8. The number of fused-ring (bicyclic) bond motifs is 1. The zero-order chi connectivity index (χ0) is 23.0. The highest BCUT2D eigenvalue weighted by Gasteiger charge is 2.32. The summed E-state index contributed by atoms with van der Waals surface area (Å²) >= 11 is 6.28. The molecule has 0 bridgehead atoms. The van der Waals surface area contributed by atoms with Crippen molar-refractivity contribution in [3.63, 3.8) is 0 Å². The Balaban J connectivity index is 1.47. The number of benzene rings is 2. The lowest BCUT2D eigenvalue weighted by Crippen LogP contribution is -2.29. The SMILES string of the molecule is O=C(Nc1cccnc1-n1cncn1)c1ccc(Cl)c(S(=O)(=O)N2CCc3ccccc32)c1. The van der Waals surface area contributed by atoms with Gasteiger partial charge in [0.15, 0.2) is 5.82 Å². The fourth-order valence-electron chi connectivity index (χ4n) is 3.71. The molecular formula is C22H17ClN6O3S. The maximum absolute atomic E-state index is 13.4. The smallest absolute Gasteiger partial charge is 0.265 e. The predicted octanol–water partition coefficient (Wildman–Crippen LogP) is 3.32. The summed E-state index contributed by atoms with van der Waals surface area (Å²) in [6, 6.07) is 14.8. The highest BCUT2D eigenvalue weighted by Crippen LogP contribution is 2.35. The lowest BCUT2D eigenvalue weighted by Gasteiger charge is -2.20. The van der Waals surface area contributed by atoms with Crippen LogP contribution in [0.5, 0.6) is 0 Å². The van der Waals surface area contributed by atoms with Gasteiger partial charge in [0.2, 0.25) is 0 Å². The molecule has 1 aliphatic rings. The van der Waals surface area contributed by atoms with Gasteiger partial charge in [-0.2, -0.15) is 5.10 Å². The maximum Gasteiger partial charge on any atom is 0.265 e. The fourth-order valence-corrected chi connectivity index (χ4v) is 5.71. The molecule has 33 heavy (non-hydrogen) atoms. The van der Waals surface area contributed by atoms with Crippen LogP contribution in [0.2, 0.25) is 5.02 Å². The number of aromatic nitrogens is 4. The van der Waals surface area contributed by atoms with Crippen molar-refractivity contribution in [1.29, 1.82) is 0 Å². The van der Waals surface area contributed by atoms with Crippen LogP contribution in [0.3, 0.4) is 0 Å². The fraction of sp³-hybridized carbons (Fsp3) is 0.0909. The monoisotopic (exact) mass is 480 g/mol. The molecule has 5 rings (SSSR count). The van der Waals surface area contributed by atoms with E-state index in [0.717, 1.165) is 5.56 Å². The van der Waals surface area contributed by atoms with Crippen LogP contribution in [-0.4, -0.2) is 40.6 Å². The third kappa shape index (κ3) is 3.83. The standard InChI is InChI=1S/C22H17ClN6O3S/c23-17-8-7-16(22(30)27-18-5-3-10-25-21(18)28-14-24-13-26-28)12-20(17)33(31,32)29-11-9-15-4-1-2-6-19(15)29/h1-8,10,12-14H,9,11H2,(H,27,30). The molecule has 0 saturated carbocycles. The average Bonchev–Trinajstić information content (AvgIpc) is 3.50. The summed E-state index contributed by atoms with van der Waals surface area (Å²) in [4.78, 5) is 21.0. The Morgan fingerprint density at radius 2 is 1.94 bits per heavy atom. The van der Waals surface area contributed by atoms with Gasteiger partial charge in [0, 0.05) is 18.3 Å². The molecule has 1 amide bonds. The van der Waals surface area contributed by atoms with Gasteiger partial charge in [-0.15, -0.1) is 0 Å². The van der Waals surface area contributed by atoms with E-state index in [0.29, 0.717) is 30.2 Å². The summed E-state index contributed by atoms with van der Waals surface area (Å²) < 4.78 is 29.6. The van der Waals surface area contributed by atoms with Crippen molar-refractivity contribution >= 4 is 38.9 Å². The predicted molar refractivity (Wildman–Crippen MR) is 123 cm³/mol. The van der Waals surface area contributed by atoms with E-state index in [1.54, 1.807) is 30.5 Å². The number of hydrogen-bond acceptors (Lipinski definition) is 6. The van der Waals surface area contributed by atoms with Gasteiger partial charge in [-0.25, -0.2) is 23.1 Å². The number of hydrogen-bond donors (Lipinski definition) is 1. The Morgan fingerprint density at radius 3 is 2.76 bits per heavy atom. The topological polar surface area (TPSA) is 110 Å². The first kappa shape index (κ1) is 21.1. The van der Waals surface area contributed by atoms with Crippen molar-refractivity contribution in [2.24, 2.45) is 0 Å². The van der Waals surface area contributed by atoms with Gasteiger partial charge in [0.1, 0.15) is 17.6 Å². The lowest BCUT2D eigenvalue weighted by molar-refractivity contribution is 0.102. The van der Waals surface area contributed by atoms with E-state index in [9.17, 15) is 13.2 Å². The lowest BCUT2D eigenvalue weighted by atomic mass is 10.2. The van der Waals surface area contributed by atoms with Crippen LogP contribution in [0.1, 0.15) is 15.9 Å². The van der Waals surface area contributed by atoms with E-state index in [4.69, 9.17) is 11.6 Å². The molecule has 1 N–H and O–H groups in total. The average molecular weight is 481 g/mol. The highest BCUT2D eigenvalue weighted by atomic mass is 35.5. The molecule has 0 saturated heterocycles. The van der Waals surface area contributed by atoms with E-state index in [-0.39, 0.29) is 15.5 Å². The Bertz CT molecular complexity index is 1460. The number of rotatable bonds is 5. The highest BCUT2D eigenvalue weighted by molar-refractivity contribution is 7.93. The molecule has 2 aromatic carbocycles. The molecule has 0 unspecified atom stereocenters. The second kappa shape index (κ2) is 8.30. The Labute approximate surface area is 194 Å². The molecule has 9 nitrogen and oxygen atoms in total. The van der Waals surface area contributed by atoms with Gasteiger partial charge >= 0.3 is 0 Å². The zero-order valence-electron chi connectivity index (χ0n) is 17.1. The summed E-state index contributed by atoms with van der Waals surface area (Å²) in [5, 5.41) is 6.84. The van der Waals surface area contributed by atoms with E-state index in [2.05, 4.69) is 20.4 Å². The molecule has 1 aliphatic heterocycles. The number of anilines is 2. The molecule has 3 heterocycles. The van der Waals surface area contributed by atoms with Crippen LogP contribution in [-0.2, 0) is 16.4 Å². The number of pyridine rings is 1. The van der Waals surface area contributed by atoms with Crippen molar-refractivity contribution in [2.45, 2.75) is 11.3 Å². The van der Waals surface area contributed by atoms with Crippen molar-refractivity contribution in [3.05, 3.63) is 89.6 Å². The van der Waals surface area contributed by atoms with Crippen LogP contribution in [0.4, 0.5) is 11.4 Å². The van der Waals surface area contributed by atoms with Crippen LogP contribution in [0.25, 0.3) is 5.82 Å². The van der Waals surface area contributed by atoms with E-state index >= 15 is 0 Å². The summed E-state index contributed by atoms with van der Waals surface area (Å²) in [5.41, 5.74) is 2.10. The molecule has 2 aromatic heterocycles. The molecule has 0 radical (unpaired) electrons. The van der Waals surface area contributed by atoms with Crippen LogP contribution in [0, 0.1) is 0 Å². The quantitative estimate of drug-likeness (QED) is 0.469. The largest absolute Gasteiger partial charge is 0.319 e. The molecule has 0 atom stereocenters. The molecule has 11 heteroatoms. The molecule has 0 aliphatic carbocycles. The Hall–Kier alpha value is -3.76. The molecular weight excluding hydrogens is 464 g/mol. The minimum Gasteiger partial charge on any atom is -0.319 e. The van der Waals surface area contributed by atoms with Gasteiger partial charge < -0.3 is 5.32 Å². The number of nitrogens with zero attached hydrogens (tertiary/aromatic N) is 5. The number of carbonyl (C=O) groups excluding carboxylic acids is 1. The van der Waals surface area contributed by atoms with Gasteiger partial charge in [-0.3, -0.25) is 9.10 Å². The number of carbonyl (C=O) groups is 1. The minimum absolute atomic E-state index is 0.0422. The van der Waals surface area contributed by atoms with Crippen molar-refractivity contribution in [2.75, 3.05) is 16.2 Å². The van der Waals surface area contributed by atoms with Crippen molar-refractivity contribution in [3.8, 4) is 5.82 Å². The van der Waals surface area contributed by atoms with Gasteiger partial charge in [0.25, 0.3) is 15.9 Å².